The number of thiazole rings is 2. The highest BCUT2D eigenvalue weighted by molar-refractivity contribution is 7.34. The first-order chi connectivity index (χ1) is 32.7. The van der Waals surface area contributed by atoms with Crippen molar-refractivity contribution >= 4 is 129 Å². The third-order valence-electron chi connectivity index (χ3n) is 11.7. The summed E-state index contributed by atoms with van der Waals surface area (Å²) in [5.74, 6) is -1.52. The molecule has 0 spiro atoms. The molecule has 12 rings (SSSR count). The molecule has 12 aromatic rings. The van der Waals surface area contributed by atoms with Crippen LogP contribution in [0.1, 0.15) is 31.8 Å². The van der Waals surface area contributed by atoms with E-state index in [9.17, 15) is 28.8 Å². The summed E-state index contributed by atoms with van der Waals surface area (Å²) in [6.45, 7) is -0.181. The lowest BCUT2D eigenvalue weighted by atomic mass is 10.0. The summed E-state index contributed by atoms with van der Waals surface area (Å²) in [6, 6.07) is 39.7. The minimum atomic E-state index is -0.763. The molecule has 0 amide bonds. The fourth-order valence-corrected chi connectivity index (χ4v) is 11.8. The zero-order valence-corrected chi connectivity index (χ0v) is 36.8. The Morgan fingerprint density at radius 3 is 1.33 bits per heavy atom. The maximum atomic E-state index is 14.7. The second-order valence-corrected chi connectivity index (χ2v) is 18.7. The van der Waals surface area contributed by atoms with Gasteiger partial charge in [0, 0.05) is 26.9 Å². The highest BCUT2D eigenvalue weighted by Gasteiger charge is 2.32. The van der Waals surface area contributed by atoms with Gasteiger partial charge in [0.1, 0.15) is 29.1 Å². The molecular weight excluding hydrogens is 905 g/mol. The van der Waals surface area contributed by atoms with Crippen LogP contribution in [0.5, 0.6) is 0 Å². The number of nitrogens with zero attached hydrogens (tertiary/aromatic N) is 4. The highest BCUT2D eigenvalue weighted by atomic mass is 32.1. The van der Waals surface area contributed by atoms with E-state index in [-0.39, 0.29) is 82.5 Å². The lowest BCUT2D eigenvalue weighted by Gasteiger charge is -2.11. The number of rotatable bonds is 8. The van der Waals surface area contributed by atoms with Crippen LogP contribution in [0.15, 0.2) is 163 Å². The van der Waals surface area contributed by atoms with E-state index in [1.54, 1.807) is 24.3 Å². The average molecular weight is 931 g/mol. The fraction of sp³-hybridized carbons (Fsp3) is 0.0385. The van der Waals surface area contributed by atoms with E-state index in [0.29, 0.717) is 14.2 Å². The molecule has 0 N–H and O–H groups in total. The standard InChI is InChI=1S/C52H26N4O8S3/c57-41-31-19-27-15-7-8-16-28(27)20-32(31)42(58)39(41)54-51-53-38-37(50(62)64-24-26-13-5-2-6-14-26)45-35(36(46(38)66-51)49(61)63-23-25-11-3-1-4-12-25)47-48(65-45)56-52(67-47)55-40-43(59)33-21-29-17-9-10-18-30(29)22-34(33)44(40)60/h1-22H,23-24H2. The van der Waals surface area contributed by atoms with Crippen molar-refractivity contribution in [1.82, 2.24) is 9.97 Å². The van der Waals surface area contributed by atoms with Gasteiger partial charge in [-0.25, -0.2) is 29.5 Å². The number of carbonyl (C=O) groups is 2. The van der Waals surface area contributed by atoms with E-state index in [1.165, 1.54) is 0 Å². The van der Waals surface area contributed by atoms with Gasteiger partial charge in [0.2, 0.25) is 32.0 Å². The van der Waals surface area contributed by atoms with Crippen molar-refractivity contribution in [3.8, 4) is 0 Å². The second kappa shape index (κ2) is 15.7. The van der Waals surface area contributed by atoms with Gasteiger partial charge in [0.25, 0.3) is 0 Å². The van der Waals surface area contributed by atoms with E-state index in [2.05, 4.69) is 9.98 Å². The van der Waals surface area contributed by atoms with E-state index in [0.717, 1.165) is 66.7 Å². The third kappa shape index (κ3) is 6.70. The summed E-state index contributed by atoms with van der Waals surface area (Å²) in [5.41, 5.74) is -0.680. The van der Waals surface area contributed by atoms with Crippen molar-refractivity contribution in [1.29, 1.82) is 0 Å². The van der Waals surface area contributed by atoms with E-state index in [4.69, 9.17) is 19.4 Å². The van der Waals surface area contributed by atoms with Crippen molar-refractivity contribution in [2.45, 2.75) is 13.2 Å². The third-order valence-corrected chi connectivity index (χ3v) is 14.8. The molecule has 3 aromatic heterocycles. The summed E-state index contributed by atoms with van der Waals surface area (Å²) in [6.07, 6.45) is 0. The minimum absolute atomic E-state index is 0.00794. The van der Waals surface area contributed by atoms with Crippen LogP contribution in [0.3, 0.4) is 0 Å². The zero-order chi connectivity index (χ0) is 45.5. The van der Waals surface area contributed by atoms with E-state index in [1.807, 2.05) is 109 Å². The van der Waals surface area contributed by atoms with Crippen molar-refractivity contribution in [3.63, 3.8) is 0 Å². The number of benzene rings is 7. The number of fused-ring (bicyclic) bond motifs is 8. The second-order valence-electron chi connectivity index (χ2n) is 15.7. The number of carbonyl (C=O) groups excluding carboxylic acids is 2. The van der Waals surface area contributed by atoms with Gasteiger partial charge in [0.05, 0.1) is 19.7 Å². The molecule has 0 radical (unpaired) electrons. The zero-order valence-electron chi connectivity index (χ0n) is 34.4. The Hall–Kier alpha value is -8.24. The Labute approximate surface area is 386 Å². The monoisotopic (exact) mass is 930 g/mol. The summed E-state index contributed by atoms with van der Waals surface area (Å²) in [5, 5.41) is 3.76. The SMILES string of the molecule is O=C(OCc1ccccc1)c1c2nc(N=c3c(=O)c4cc5ccccc5cc4c3=O)sc2c(C(=O)OCc2ccccc2)c2c1sc1nc(N=c3c(=O)c4cc5ccccc5cc4c3=O)sc12. The molecule has 0 aliphatic heterocycles. The first-order valence-corrected chi connectivity index (χ1v) is 23.2. The molecule has 9 aromatic carbocycles. The Bertz CT molecular complexity index is 4290. The normalized spacial score (nSPS) is 11.8. The summed E-state index contributed by atoms with van der Waals surface area (Å²) < 4.78 is 12.8. The molecule has 0 unspecified atom stereocenters. The molecule has 0 aliphatic rings. The Morgan fingerprint density at radius 2 is 0.866 bits per heavy atom. The van der Waals surface area contributed by atoms with Gasteiger partial charge in [-0.15, -0.1) is 11.3 Å². The molecule has 0 saturated heterocycles. The van der Waals surface area contributed by atoms with E-state index < -0.39 is 33.7 Å². The van der Waals surface area contributed by atoms with Crippen LogP contribution in [0, 0.1) is 0 Å². The molecule has 0 bridgehead atoms. The number of hydrogen-bond donors (Lipinski definition) is 0. The number of thiophene rings is 1. The Balaban J connectivity index is 1.09. The van der Waals surface area contributed by atoms with Crippen LogP contribution in [0.25, 0.3) is 72.9 Å². The quantitative estimate of drug-likeness (QED) is 0.134. The maximum absolute atomic E-state index is 14.7. The van der Waals surface area contributed by atoms with Crippen LogP contribution in [0.2, 0.25) is 0 Å². The van der Waals surface area contributed by atoms with Crippen molar-refractivity contribution < 1.29 is 19.1 Å². The molecule has 0 fully saturated rings. The van der Waals surface area contributed by atoms with Crippen LogP contribution >= 0.6 is 34.0 Å². The Morgan fingerprint density at radius 1 is 0.463 bits per heavy atom. The molecule has 320 valence electrons. The maximum Gasteiger partial charge on any atom is 0.342 e. The lowest BCUT2D eigenvalue weighted by Crippen LogP contribution is -2.31. The summed E-state index contributed by atoms with van der Waals surface area (Å²) in [4.78, 5) is 103. The highest BCUT2D eigenvalue weighted by Crippen LogP contribution is 2.48. The molecule has 0 atom stereocenters. The average Bonchev–Trinajstić information content (AvgIpc) is 4.14. The smallest absolute Gasteiger partial charge is 0.342 e. The summed E-state index contributed by atoms with van der Waals surface area (Å²) in [7, 11) is 0. The first kappa shape index (κ1) is 40.3. The molecule has 67 heavy (non-hydrogen) atoms. The van der Waals surface area contributed by atoms with Crippen molar-refractivity contribution in [2.75, 3.05) is 0 Å². The van der Waals surface area contributed by atoms with Gasteiger partial charge in [-0.1, -0.05) is 132 Å². The largest absolute Gasteiger partial charge is 0.457 e. The number of ether oxygens (including phenoxy) is 2. The van der Waals surface area contributed by atoms with Crippen LogP contribution in [-0.2, 0) is 22.7 Å². The fourth-order valence-electron chi connectivity index (χ4n) is 8.46. The van der Waals surface area contributed by atoms with Gasteiger partial charge in [-0.05, 0) is 56.9 Å². The predicted octanol–water partition coefficient (Wildman–Crippen LogP) is 9.10. The molecule has 0 saturated carbocycles. The van der Waals surface area contributed by atoms with Crippen molar-refractivity contribution in [2.24, 2.45) is 9.98 Å². The van der Waals surface area contributed by atoms with Crippen LogP contribution in [-0.4, -0.2) is 21.9 Å². The molecule has 3 heterocycles. The number of esters is 2. The van der Waals surface area contributed by atoms with Crippen LogP contribution in [0.4, 0.5) is 10.3 Å². The first-order valence-electron chi connectivity index (χ1n) is 20.7. The van der Waals surface area contributed by atoms with Gasteiger partial charge in [-0.3, -0.25) is 19.2 Å². The Kier molecular flexibility index (Phi) is 9.46. The van der Waals surface area contributed by atoms with Crippen molar-refractivity contribution in [3.05, 3.63) is 207 Å². The number of hydrogen-bond acceptors (Lipinski definition) is 15. The van der Waals surface area contributed by atoms with Gasteiger partial charge in [0.15, 0.2) is 10.7 Å². The topological polar surface area (TPSA) is 171 Å². The van der Waals surface area contributed by atoms with Crippen LogP contribution < -0.4 is 32.4 Å². The van der Waals surface area contributed by atoms with Gasteiger partial charge in [-0.2, -0.15) is 0 Å². The lowest BCUT2D eigenvalue weighted by molar-refractivity contribution is 0.0465. The minimum Gasteiger partial charge on any atom is -0.457 e. The molecule has 0 aliphatic carbocycles. The predicted molar refractivity (Wildman–Crippen MR) is 262 cm³/mol. The van der Waals surface area contributed by atoms with Gasteiger partial charge < -0.3 is 9.47 Å². The van der Waals surface area contributed by atoms with Gasteiger partial charge >= 0.3 is 11.9 Å². The molecule has 15 heteroatoms. The van der Waals surface area contributed by atoms with E-state index >= 15 is 0 Å². The number of aromatic nitrogens is 2. The molecule has 12 nitrogen and oxygen atoms in total. The molecular formula is C52H26N4O8S3. The summed E-state index contributed by atoms with van der Waals surface area (Å²) >= 11 is 3.02.